The number of thiazole rings is 1. The van der Waals surface area contributed by atoms with Gasteiger partial charge in [0.15, 0.2) is 0 Å². The van der Waals surface area contributed by atoms with E-state index in [2.05, 4.69) is 10.3 Å². The van der Waals surface area contributed by atoms with Gasteiger partial charge in [0.25, 0.3) is 5.91 Å². The molecule has 3 heterocycles. The molecule has 5 rings (SSSR count). The fraction of sp³-hybridized carbons (Fsp3) is 0.167. The molecule has 2 aliphatic heterocycles. The van der Waals surface area contributed by atoms with E-state index in [9.17, 15) is 14.7 Å². The fourth-order valence-electron chi connectivity index (χ4n) is 3.93. The second-order valence-electron chi connectivity index (χ2n) is 7.63. The van der Waals surface area contributed by atoms with Crippen molar-refractivity contribution in [3.63, 3.8) is 0 Å². The molecule has 1 saturated heterocycles. The van der Waals surface area contributed by atoms with E-state index < -0.39 is 11.1 Å². The van der Waals surface area contributed by atoms with Gasteiger partial charge in [-0.25, -0.2) is 4.98 Å². The largest absolute Gasteiger partial charge is 1.00 e. The fourth-order valence-corrected chi connectivity index (χ4v) is 6.55. The van der Waals surface area contributed by atoms with Gasteiger partial charge < -0.3 is 10.4 Å². The topological polar surface area (TPSA) is 85.4 Å². The number of amides is 2. The first-order chi connectivity index (χ1) is 16.0. The molecule has 0 aliphatic carbocycles. The molecule has 10 heteroatoms. The van der Waals surface area contributed by atoms with Crippen LogP contribution in [0.4, 0.5) is 0 Å². The number of nitrogens with zero attached hydrogens (tertiary/aromatic N) is 2. The zero-order valence-corrected chi connectivity index (χ0v) is 22.7. The third-order valence-corrected chi connectivity index (χ3v) is 8.09. The Hall–Kier alpha value is -2.01. The zero-order chi connectivity index (χ0) is 22.9. The van der Waals surface area contributed by atoms with Gasteiger partial charge in [0, 0.05) is 17.5 Å². The molecule has 2 atom stereocenters. The Kier molecular flexibility index (Phi) is 7.91. The van der Waals surface area contributed by atoms with Crippen LogP contribution in [0.3, 0.4) is 0 Å². The molecule has 0 radical (unpaired) electrons. The zero-order valence-electron chi connectivity index (χ0n) is 18.3. The van der Waals surface area contributed by atoms with E-state index in [1.54, 1.807) is 6.20 Å². The van der Waals surface area contributed by atoms with Gasteiger partial charge in [-0.1, -0.05) is 72.9 Å². The minimum Gasteiger partial charge on any atom is -0.863 e. The van der Waals surface area contributed by atoms with E-state index in [4.69, 9.17) is 12.2 Å². The van der Waals surface area contributed by atoms with Crippen molar-refractivity contribution in [1.29, 1.82) is 0 Å². The second kappa shape index (κ2) is 10.7. The quantitative estimate of drug-likeness (QED) is 0.280. The van der Waals surface area contributed by atoms with Gasteiger partial charge in [0.1, 0.15) is 16.4 Å². The smallest absolute Gasteiger partial charge is 0.863 e. The van der Waals surface area contributed by atoms with E-state index in [1.165, 1.54) is 28.0 Å². The Morgan fingerprint density at radius 2 is 1.82 bits per heavy atom. The van der Waals surface area contributed by atoms with E-state index in [0.717, 1.165) is 16.0 Å². The first kappa shape index (κ1) is 25.1. The summed E-state index contributed by atoms with van der Waals surface area (Å²) < 4.78 is 0. The number of thioether (sulfide) groups is 1. The number of hydrogen-bond donors (Lipinski definition) is 1. The van der Waals surface area contributed by atoms with E-state index >= 15 is 0 Å². The first-order valence-corrected chi connectivity index (χ1v) is 12.5. The number of carbonyl (C=O) groups excluding carboxylic acids is 2. The van der Waals surface area contributed by atoms with Crippen LogP contribution >= 0.6 is 35.3 Å². The van der Waals surface area contributed by atoms with Crippen molar-refractivity contribution in [2.45, 2.75) is 17.8 Å². The maximum absolute atomic E-state index is 13.0. The average Bonchev–Trinajstić information content (AvgIpc) is 3.33. The van der Waals surface area contributed by atoms with Gasteiger partial charge in [-0.3, -0.25) is 14.5 Å². The summed E-state index contributed by atoms with van der Waals surface area (Å²) in [4.78, 5) is 32.3. The summed E-state index contributed by atoms with van der Waals surface area (Å²) >= 11 is 7.97. The molecule has 0 saturated carbocycles. The minimum absolute atomic E-state index is 0. The van der Waals surface area contributed by atoms with Crippen LogP contribution in [0.5, 0.6) is 0 Å². The monoisotopic (exact) mass is 515 g/mol. The Morgan fingerprint density at radius 3 is 2.50 bits per heavy atom. The number of carbonyl (C=O) groups is 2. The molecule has 6 nitrogen and oxygen atoms in total. The minimum atomic E-state index is -0.673. The van der Waals surface area contributed by atoms with Crippen LogP contribution in [-0.4, -0.2) is 43.9 Å². The predicted molar refractivity (Wildman–Crippen MR) is 132 cm³/mol. The van der Waals surface area contributed by atoms with Crippen molar-refractivity contribution in [3.05, 3.63) is 83.1 Å². The number of fused-ring (bicyclic) bond motifs is 1. The van der Waals surface area contributed by atoms with Crippen LogP contribution in [0, 0.1) is 0 Å². The Labute approximate surface area is 232 Å². The number of β-lactam (4-membered cyclic amide) rings is 1. The molecule has 166 valence electrons. The number of nitrogens with one attached hydrogen (secondary N) is 1. The summed E-state index contributed by atoms with van der Waals surface area (Å²) in [6.45, 7) is 0. The van der Waals surface area contributed by atoms with Crippen LogP contribution in [0.1, 0.15) is 10.6 Å². The normalized spacial score (nSPS) is 19.1. The van der Waals surface area contributed by atoms with Gasteiger partial charge in [-0.05, 0) is 16.2 Å². The number of hydrogen-bond acceptors (Lipinski definition) is 7. The van der Waals surface area contributed by atoms with Gasteiger partial charge in [-0.15, -0.1) is 23.1 Å². The van der Waals surface area contributed by atoms with Crippen molar-refractivity contribution in [1.82, 2.24) is 15.2 Å². The molecular formula is C24H18N3NaO3S3. The predicted octanol–water partition coefficient (Wildman–Crippen LogP) is -0.144. The number of rotatable bonds is 6. The Balaban J connectivity index is 0.00000274. The maximum atomic E-state index is 13.0. The van der Waals surface area contributed by atoms with Crippen LogP contribution in [0.15, 0.2) is 72.6 Å². The van der Waals surface area contributed by atoms with Crippen LogP contribution in [-0.2, 0) is 16.0 Å². The first-order valence-electron chi connectivity index (χ1n) is 10.3. The van der Waals surface area contributed by atoms with Gasteiger partial charge in [0.05, 0.1) is 17.0 Å². The van der Waals surface area contributed by atoms with Crippen molar-refractivity contribution < 1.29 is 44.3 Å². The van der Waals surface area contributed by atoms with Crippen LogP contribution in [0.2, 0.25) is 0 Å². The molecule has 1 aromatic heterocycles. The number of benzene rings is 2. The van der Waals surface area contributed by atoms with Crippen LogP contribution < -0.4 is 40.0 Å². The van der Waals surface area contributed by atoms with Gasteiger partial charge >= 0.3 is 29.6 Å². The van der Waals surface area contributed by atoms with Crippen molar-refractivity contribution in [3.8, 4) is 10.4 Å². The molecule has 2 aromatic carbocycles. The van der Waals surface area contributed by atoms with Crippen molar-refractivity contribution in [2.75, 3.05) is 5.75 Å². The van der Waals surface area contributed by atoms with Crippen molar-refractivity contribution >= 4 is 57.8 Å². The average molecular weight is 516 g/mol. The summed E-state index contributed by atoms with van der Waals surface area (Å²) in [5.41, 5.74) is 2.79. The third-order valence-electron chi connectivity index (χ3n) is 5.51. The Morgan fingerprint density at radius 1 is 1.15 bits per heavy atom. The molecule has 1 N–H and O–H groups in total. The third kappa shape index (κ3) is 4.86. The molecule has 1 fully saturated rings. The van der Waals surface area contributed by atoms with E-state index in [0.29, 0.717) is 16.3 Å². The van der Waals surface area contributed by atoms with Crippen LogP contribution in [0.25, 0.3) is 16.0 Å². The van der Waals surface area contributed by atoms with E-state index in [-0.39, 0.29) is 58.9 Å². The molecule has 34 heavy (non-hydrogen) atoms. The Bertz CT molecular complexity index is 1260. The SMILES string of the molecule is O=C(Cc1ccccc1)N[C@@H]1C(=O)N2C(C([O-])=S)=C(c3ncc(-c4ccccc4)s3)CS[C@H]12.[Na+]. The number of aromatic nitrogens is 1. The standard InChI is InChI=1S/C24H19N3O3S3.Na/c28-18(11-14-7-3-1-4-8-14)26-19-22(29)27-20(24(30)31)16(13-32-23(19)27)21-25-12-17(33-21)15-9-5-2-6-10-15;/h1-10,12,19,23H,11,13H2,(H,26,28)(H,30,31);/q;+1/p-1/t19-,23-;/m1./s1. The summed E-state index contributed by atoms with van der Waals surface area (Å²) in [5.74, 6) is -0.0636. The van der Waals surface area contributed by atoms with E-state index in [1.807, 2.05) is 60.7 Å². The summed E-state index contributed by atoms with van der Waals surface area (Å²) in [7, 11) is 0. The summed E-state index contributed by atoms with van der Waals surface area (Å²) in [5, 5.41) is 15.0. The molecule has 0 spiro atoms. The molecule has 0 unspecified atom stereocenters. The summed E-state index contributed by atoms with van der Waals surface area (Å²) in [6, 6.07) is 18.5. The van der Waals surface area contributed by atoms with Gasteiger partial charge in [-0.2, -0.15) is 0 Å². The summed E-state index contributed by atoms with van der Waals surface area (Å²) in [6.07, 6.45) is 1.96. The molecule has 2 amide bonds. The maximum Gasteiger partial charge on any atom is 1.00 e. The second-order valence-corrected chi connectivity index (χ2v) is 10.1. The molecule has 0 bridgehead atoms. The molecular weight excluding hydrogens is 497 g/mol. The number of thiocarbonyl (C=S) groups is 1. The van der Waals surface area contributed by atoms with Crippen molar-refractivity contribution in [2.24, 2.45) is 0 Å². The molecule has 2 aliphatic rings. The molecule has 3 aromatic rings. The van der Waals surface area contributed by atoms with Gasteiger partial charge in [0.2, 0.25) is 5.91 Å².